The molecule has 1 saturated carbocycles. The van der Waals surface area contributed by atoms with E-state index in [-0.39, 0.29) is 35.9 Å². The summed E-state index contributed by atoms with van der Waals surface area (Å²) >= 11 is 6.44. The number of carbonyl (C=O) groups excluding carboxylic acids is 1. The van der Waals surface area contributed by atoms with E-state index in [1.54, 1.807) is 23.0 Å². The van der Waals surface area contributed by atoms with Crippen LogP contribution in [0.3, 0.4) is 0 Å². The highest BCUT2D eigenvalue weighted by Crippen LogP contribution is 2.36. The average Bonchev–Trinajstić information content (AvgIpc) is 3.39. The van der Waals surface area contributed by atoms with Gasteiger partial charge in [-0.2, -0.15) is 8.78 Å². The number of benzene rings is 1. The van der Waals surface area contributed by atoms with Crippen LogP contribution in [0.4, 0.5) is 20.3 Å². The average molecular weight is 507 g/mol. The summed E-state index contributed by atoms with van der Waals surface area (Å²) in [5.41, 5.74) is 14.0. The summed E-state index contributed by atoms with van der Waals surface area (Å²) in [4.78, 5) is 27.3. The molecule has 3 aromatic rings. The van der Waals surface area contributed by atoms with Gasteiger partial charge in [0, 0.05) is 41.0 Å². The van der Waals surface area contributed by atoms with Gasteiger partial charge in [0.2, 0.25) is 5.91 Å². The number of carbonyl (C=O) groups is 1. The molecular formula is C22H25ClF2N8O2. The Bertz CT molecular complexity index is 1270. The van der Waals surface area contributed by atoms with Crippen molar-refractivity contribution < 1.29 is 18.3 Å². The van der Waals surface area contributed by atoms with Crippen LogP contribution < -0.4 is 21.7 Å². The zero-order chi connectivity index (χ0) is 24.7. The third-order valence-electron chi connectivity index (χ3n) is 6.47. The number of amides is 1. The Morgan fingerprint density at radius 1 is 1.29 bits per heavy atom. The van der Waals surface area contributed by atoms with Crippen molar-refractivity contribution in [3.8, 4) is 0 Å². The topological polar surface area (TPSA) is 137 Å². The largest absolute Gasteiger partial charge is 0.382 e. The standard InChI is InChI=1S/C22H25ClF2N8O2/c23-15-3-4-16(32-6-5-22(27,9-32)20(34)31-12-1-2-12)13(14(15)8-35-21(24)25)7-33-11-30-17-18(26)28-10-29-19(17)33/h3-4,10-12,21H,1-2,5-9,27H2,(H,31,34)(H2,26,28,29). The van der Waals surface area contributed by atoms with Crippen LogP contribution in [0.25, 0.3) is 11.2 Å². The molecule has 3 heterocycles. The van der Waals surface area contributed by atoms with Gasteiger partial charge >= 0.3 is 6.61 Å². The summed E-state index contributed by atoms with van der Waals surface area (Å²) < 4.78 is 32.2. The van der Waals surface area contributed by atoms with Crippen molar-refractivity contribution in [1.29, 1.82) is 0 Å². The lowest BCUT2D eigenvalue weighted by atomic mass is 9.99. The Kier molecular flexibility index (Phi) is 6.20. The van der Waals surface area contributed by atoms with E-state index in [1.807, 2.05) is 4.90 Å². The van der Waals surface area contributed by atoms with Crippen molar-refractivity contribution in [3.05, 3.63) is 40.9 Å². The van der Waals surface area contributed by atoms with Crippen molar-refractivity contribution in [2.45, 2.75) is 50.6 Å². The van der Waals surface area contributed by atoms with Gasteiger partial charge in [0.15, 0.2) is 11.5 Å². The minimum atomic E-state index is -2.96. The molecule has 5 rings (SSSR count). The molecule has 1 unspecified atom stereocenters. The summed E-state index contributed by atoms with van der Waals surface area (Å²) in [7, 11) is 0. The van der Waals surface area contributed by atoms with E-state index in [9.17, 15) is 13.6 Å². The van der Waals surface area contributed by atoms with E-state index in [2.05, 4.69) is 25.0 Å². The maximum Gasteiger partial charge on any atom is 0.345 e. The van der Waals surface area contributed by atoms with Gasteiger partial charge in [-0.05, 0) is 31.4 Å². The molecule has 35 heavy (non-hydrogen) atoms. The first-order valence-corrected chi connectivity index (χ1v) is 11.6. The number of aromatic nitrogens is 4. The Morgan fingerprint density at radius 2 is 2.09 bits per heavy atom. The molecule has 1 saturated heterocycles. The number of nitrogens with two attached hydrogens (primary N) is 2. The predicted octanol–water partition coefficient (Wildman–Crippen LogP) is 2.04. The molecule has 0 bridgehead atoms. The molecule has 2 aromatic heterocycles. The highest BCUT2D eigenvalue weighted by molar-refractivity contribution is 6.31. The molecule has 2 fully saturated rings. The molecule has 0 radical (unpaired) electrons. The van der Waals surface area contributed by atoms with E-state index in [0.29, 0.717) is 35.3 Å². The Morgan fingerprint density at radius 3 is 2.83 bits per heavy atom. The third-order valence-corrected chi connectivity index (χ3v) is 6.82. The number of alkyl halides is 2. The first-order chi connectivity index (χ1) is 16.7. The second-order valence-electron chi connectivity index (χ2n) is 8.97. The molecule has 10 nitrogen and oxygen atoms in total. The summed E-state index contributed by atoms with van der Waals surface area (Å²) in [5.74, 6) is 0.0579. The number of nitrogen functional groups attached to an aromatic ring is 1. The third kappa shape index (κ3) is 4.73. The predicted molar refractivity (Wildman–Crippen MR) is 126 cm³/mol. The fourth-order valence-corrected chi connectivity index (χ4v) is 4.62. The molecule has 186 valence electrons. The van der Waals surface area contributed by atoms with Crippen molar-refractivity contribution in [2.24, 2.45) is 5.73 Å². The molecule has 2 aliphatic rings. The van der Waals surface area contributed by atoms with Crippen LogP contribution in [0.1, 0.15) is 30.4 Å². The van der Waals surface area contributed by atoms with E-state index in [0.717, 1.165) is 18.5 Å². The second-order valence-corrected chi connectivity index (χ2v) is 9.38. The van der Waals surface area contributed by atoms with Gasteiger partial charge in [0.1, 0.15) is 17.4 Å². The smallest absolute Gasteiger partial charge is 0.345 e. The van der Waals surface area contributed by atoms with E-state index < -0.39 is 18.8 Å². The lowest BCUT2D eigenvalue weighted by molar-refractivity contribution is -0.137. The Labute approximate surface area is 204 Å². The van der Waals surface area contributed by atoms with Crippen molar-refractivity contribution in [1.82, 2.24) is 24.8 Å². The van der Waals surface area contributed by atoms with Crippen LogP contribution in [0, 0.1) is 0 Å². The molecule has 5 N–H and O–H groups in total. The minimum absolute atomic E-state index is 0.174. The lowest BCUT2D eigenvalue weighted by Crippen LogP contribution is -2.56. The lowest BCUT2D eigenvalue weighted by Gasteiger charge is -2.27. The van der Waals surface area contributed by atoms with E-state index in [4.69, 9.17) is 23.1 Å². The first-order valence-electron chi connectivity index (χ1n) is 11.2. The van der Waals surface area contributed by atoms with Crippen LogP contribution in [0.15, 0.2) is 24.8 Å². The van der Waals surface area contributed by atoms with Crippen molar-refractivity contribution in [2.75, 3.05) is 23.7 Å². The second kappa shape index (κ2) is 9.17. The van der Waals surface area contributed by atoms with Crippen LogP contribution in [0.2, 0.25) is 5.02 Å². The van der Waals surface area contributed by atoms with Gasteiger partial charge < -0.3 is 31.0 Å². The number of fused-ring (bicyclic) bond motifs is 1. The first kappa shape index (κ1) is 23.6. The fourth-order valence-electron chi connectivity index (χ4n) is 4.39. The molecular weight excluding hydrogens is 482 g/mol. The summed E-state index contributed by atoms with van der Waals surface area (Å²) in [6.45, 7) is -2.37. The molecule has 1 atom stereocenters. The number of hydrogen-bond acceptors (Lipinski definition) is 8. The molecule has 13 heteroatoms. The quantitative estimate of drug-likeness (QED) is 0.422. The zero-order valence-corrected chi connectivity index (χ0v) is 19.5. The molecule has 1 amide bonds. The number of nitrogens with one attached hydrogen (secondary N) is 1. The van der Waals surface area contributed by atoms with Crippen LogP contribution in [-0.4, -0.2) is 56.7 Å². The van der Waals surface area contributed by atoms with Crippen LogP contribution >= 0.6 is 11.6 Å². The SMILES string of the molecule is Nc1ncnc2c1ncn2Cc1c(N2CCC(N)(C(=O)NC3CC3)C2)ccc(Cl)c1COC(F)F. The summed E-state index contributed by atoms with van der Waals surface area (Å²) in [5, 5.41) is 3.27. The molecule has 1 aliphatic heterocycles. The monoisotopic (exact) mass is 506 g/mol. The number of anilines is 2. The summed E-state index contributed by atoms with van der Waals surface area (Å²) in [6.07, 6.45) is 5.27. The van der Waals surface area contributed by atoms with Crippen LogP contribution in [-0.2, 0) is 22.7 Å². The Balaban J connectivity index is 1.51. The maximum atomic E-state index is 12.9. The van der Waals surface area contributed by atoms with Crippen molar-refractivity contribution >= 4 is 40.2 Å². The number of imidazole rings is 1. The van der Waals surface area contributed by atoms with Crippen LogP contribution in [0.5, 0.6) is 0 Å². The molecule has 1 aromatic carbocycles. The highest BCUT2D eigenvalue weighted by atomic mass is 35.5. The van der Waals surface area contributed by atoms with Gasteiger partial charge in [-0.15, -0.1) is 0 Å². The van der Waals surface area contributed by atoms with Gasteiger partial charge in [-0.25, -0.2) is 15.0 Å². The normalized spacial score (nSPS) is 20.2. The number of ether oxygens (including phenoxy) is 1. The Hall–Kier alpha value is -3.09. The van der Waals surface area contributed by atoms with Crippen molar-refractivity contribution in [3.63, 3.8) is 0 Å². The van der Waals surface area contributed by atoms with Gasteiger partial charge in [0.25, 0.3) is 0 Å². The number of rotatable bonds is 8. The van der Waals surface area contributed by atoms with E-state index in [1.165, 1.54) is 6.33 Å². The summed E-state index contributed by atoms with van der Waals surface area (Å²) in [6, 6.07) is 3.64. The maximum absolute atomic E-state index is 12.9. The zero-order valence-electron chi connectivity index (χ0n) is 18.8. The fraction of sp³-hybridized carbons (Fsp3) is 0.455. The minimum Gasteiger partial charge on any atom is -0.382 e. The highest BCUT2D eigenvalue weighted by Gasteiger charge is 2.43. The van der Waals surface area contributed by atoms with Gasteiger partial charge in [0.05, 0.1) is 19.5 Å². The van der Waals surface area contributed by atoms with Gasteiger partial charge in [-0.3, -0.25) is 4.79 Å². The number of halogens is 3. The number of hydrogen-bond donors (Lipinski definition) is 3. The molecule has 0 spiro atoms. The van der Waals surface area contributed by atoms with E-state index >= 15 is 0 Å². The number of nitrogens with zero attached hydrogens (tertiary/aromatic N) is 5. The van der Waals surface area contributed by atoms with Gasteiger partial charge in [-0.1, -0.05) is 11.6 Å². The molecule has 1 aliphatic carbocycles.